The number of hydrogen-bond acceptors (Lipinski definition) is 4. The van der Waals surface area contributed by atoms with E-state index in [9.17, 15) is 9.59 Å². The molecule has 0 N–H and O–H groups in total. The molecule has 0 unspecified atom stereocenters. The Morgan fingerprint density at radius 1 is 1.35 bits per heavy atom. The summed E-state index contributed by atoms with van der Waals surface area (Å²) >= 11 is 0. The lowest BCUT2D eigenvalue weighted by atomic mass is 10.1. The molecular weight excluding hydrogens is 220 g/mol. The number of carbonyl (C=O) groups is 2. The molecule has 4 nitrogen and oxygen atoms in total. The van der Waals surface area contributed by atoms with Gasteiger partial charge in [-0.2, -0.15) is 0 Å². The predicted molar refractivity (Wildman–Crippen MR) is 63.5 cm³/mol. The molecule has 0 amide bonds. The molecule has 4 heteroatoms. The largest absolute Gasteiger partial charge is 0.493 e. The van der Waals surface area contributed by atoms with Crippen LogP contribution in [0.1, 0.15) is 34.6 Å². The van der Waals surface area contributed by atoms with Gasteiger partial charge in [0.2, 0.25) is 0 Å². The molecule has 0 heterocycles. The van der Waals surface area contributed by atoms with Crippen LogP contribution in [0.3, 0.4) is 0 Å². The van der Waals surface area contributed by atoms with Crippen LogP contribution in [0, 0.1) is 5.92 Å². The molecule has 0 aliphatic carbocycles. The van der Waals surface area contributed by atoms with Crippen molar-refractivity contribution in [3.05, 3.63) is 29.3 Å². The minimum atomic E-state index is -0.483. The number of methoxy groups -OCH3 is 1. The van der Waals surface area contributed by atoms with Crippen LogP contribution in [0.4, 0.5) is 0 Å². The second kappa shape index (κ2) is 6.03. The number of esters is 1. The molecule has 0 spiro atoms. The highest BCUT2D eigenvalue weighted by molar-refractivity contribution is 5.92. The van der Waals surface area contributed by atoms with Crippen molar-refractivity contribution < 1.29 is 19.1 Å². The molecule has 0 aromatic heterocycles. The van der Waals surface area contributed by atoms with Crippen LogP contribution in [-0.2, 0) is 4.74 Å². The zero-order valence-corrected chi connectivity index (χ0v) is 10.2. The van der Waals surface area contributed by atoms with Gasteiger partial charge < -0.3 is 9.47 Å². The molecule has 1 aromatic carbocycles. The van der Waals surface area contributed by atoms with Gasteiger partial charge in [0, 0.05) is 5.56 Å². The molecule has 92 valence electrons. The fourth-order valence-corrected chi connectivity index (χ4v) is 1.27. The Labute approximate surface area is 101 Å². The maximum absolute atomic E-state index is 11.4. The Morgan fingerprint density at radius 2 is 2.06 bits per heavy atom. The van der Waals surface area contributed by atoms with E-state index < -0.39 is 5.97 Å². The minimum absolute atomic E-state index is 0.316. The van der Waals surface area contributed by atoms with Crippen LogP contribution < -0.4 is 4.74 Å². The van der Waals surface area contributed by atoms with E-state index in [1.807, 2.05) is 13.8 Å². The second-order valence-electron chi connectivity index (χ2n) is 4.11. The maximum atomic E-state index is 11.4. The molecule has 0 aliphatic heterocycles. The van der Waals surface area contributed by atoms with E-state index in [2.05, 4.69) is 4.74 Å². The quantitative estimate of drug-likeness (QED) is 0.581. The van der Waals surface area contributed by atoms with Crippen LogP contribution in [0.25, 0.3) is 0 Å². The Balaban J connectivity index is 2.96. The molecule has 0 atom stereocenters. The van der Waals surface area contributed by atoms with Crippen LogP contribution in [-0.4, -0.2) is 26.0 Å². The van der Waals surface area contributed by atoms with Crippen molar-refractivity contribution in [3.63, 3.8) is 0 Å². The molecule has 17 heavy (non-hydrogen) atoms. The second-order valence-corrected chi connectivity index (χ2v) is 4.11. The molecule has 1 rings (SSSR count). The third-order valence-corrected chi connectivity index (χ3v) is 2.07. The van der Waals surface area contributed by atoms with E-state index in [1.54, 1.807) is 12.1 Å². The summed E-state index contributed by atoms with van der Waals surface area (Å²) in [5, 5.41) is 0. The zero-order chi connectivity index (χ0) is 12.8. The van der Waals surface area contributed by atoms with Gasteiger partial charge in [0.25, 0.3) is 0 Å². The van der Waals surface area contributed by atoms with Crippen molar-refractivity contribution in [3.8, 4) is 5.75 Å². The first-order chi connectivity index (χ1) is 8.06. The maximum Gasteiger partial charge on any atom is 0.338 e. The predicted octanol–water partition coefficient (Wildman–Crippen LogP) is 2.32. The van der Waals surface area contributed by atoms with Gasteiger partial charge in [0.05, 0.1) is 19.3 Å². The van der Waals surface area contributed by atoms with E-state index in [0.29, 0.717) is 35.7 Å². The number of hydrogen-bond donors (Lipinski definition) is 0. The van der Waals surface area contributed by atoms with Gasteiger partial charge in [-0.3, -0.25) is 4.79 Å². The minimum Gasteiger partial charge on any atom is -0.493 e. The Bertz CT molecular complexity index is 410. The van der Waals surface area contributed by atoms with Gasteiger partial charge in [0.15, 0.2) is 0 Å². The Morgan fingerprint density at radius 3 is 2.59 bits per heavy atom. The molecule has 0 bridgehead atoms. The van der Waals surface area contributed by atoms with E-state index in [-0.39, 0.29) is 0 Å². The summed E-state index contributed by atoms with van der Waals surface area (Å²) in [4.78, 5) is 22.1. The summed E-state index contributed by atoms with van der Waals surface area (Å²) in [5.41, 5.74) is 0.711. The van der Waals surface area contributed by atoms with Crippen molar-refractivity contribution in [2.24, 2.45) is 5.92 Å². The summed E-state index contributed by atoms with van der Waals surface area (Å²) in [7, 11) is 1.30. The lowest BCUT2D eigenvalue weighted by Crippen LogP contribution is -2.07. The molecule has 0 aliphatic rings. The molecular formula is C13H16O4. The summed E-state index contributed by atoms with van der Waals surface area (Å²) < 4.78 is 10.1. The average Bonchev–Trinajstić information content (AvgIpc) is 2.34. The van der Waals surface area contributed by atoms with Crippen LogP contribution in [0.5, 0.6) is 5.75 Å². The fourth-order valence-electron chi connectivity index (χ4n) is 1.27. The normalized spacial score (nSPS) is 10.1. The number of carbonyl (C=O) groups excluding carboxylic acids is 2. The summed E-state index contributed by atoms with van der Waals surface area (Å²) in [6.45, 7) is 4.57. The highest BCUT2D eigenvalue weighted by Crippen LogP contribution is 2.18. The number of benzene rings is 1. The average molecular weight is 236 g/mol. The number of ether oxygens (including phenoxy) is 2. The van der Waals surface area contributed by atoms with Crippen molar-refractivity contribution >= 4 is 12.3 Å². The molecule has 1 aromatic rings. The summed E-state index contributed by atoms with van der Waals surface area (Å²) in [6, 6.07) is 4.64. The zero-order valence-electron chi connectivity index (χ0n) is 10.2. The van der Waals surface area contributed by atoms with Gasteiger partial charge in [0.1, 0.15) is 12.0 Å². The lowest BCUT2D eigenvalue weighted by molar-refractivity contribution is 0.0600. The fraction of sp³-hybridized carbons (Fsp3) is 0.385. The number of rotatable bonds is 5. The van der Waals surface area contributed by atoms with Crippen molar-refractivity contribution in [2.75, 3.05) is 13.7 Å². The van der Waals surface area contributed by atoms with Gasteiger partial charge in [-0.15, -0.1) is 0 Å². The highest BCUT2D eigenvalue weighted by Gasteiger charge is 2.09. The third-order valence-electron chi connectivity index (χ3n) is 2.07. The molecule has 0 saturated carbocycles. The van der Waals surface area contributed by atoms with E-state index in [1.165, 1.54) is 13.2 Å². The summed E-state index contributed by atoms with van der Waals surface area (Å²) in [6.07, 6.45) is 0.675. The van der Waals surface area contributed by atoms with Crippen molar-refractivity contribution in [1.82, 2.24) is 0 Å². The standard InChI is InChI=1S/C13H16O4/c1-9(2)8-17-12-5-10(7-14)4-11(6-12)13(15)16-3/h4-7,9H,8H2,1-3H3. The first kappa shape index (κ1) is 13.2. The Hall–Kier alpha value is -1.84. The monoisotopic (exact) mass is 236 g/mol. The van der Waals surface area contributed by atoms with Crippen molar-refractivity contribution in [2.45, 2.75) is 13.8 Å². The van der Waals surface area contributed by atoms with E-state index >= 15 is 0 Å². The van der Waals surface area contributed by atoms with Crippen LogP contribution >= 0.6 is 0 Å². The van der Waals surface area contributed by atoms with Gasteiger partial charge in [-0.1, -0.05) is 13.8 Å². The third kappa shape index (κ3) is 3.90. The van der Waals surface area contributed by atoms with Gasteiger partial charge in [-0.25, -0.2) is 4.79 Å². The molecule has 0 saturated heterocycles. The molecule has 0 fully saturated rings. The topological polar surface area (TPSA) is 52.6 Å². The van der Waals surface area contributed by atoms with Gasteiger partial charge in [-0.05, 0) is 24.1 Å². The first-order valence-electron chi connectivity index (χ1n) is 5.38. The SMILES string of the molecule is COC(=O)c1cc(C=O)cc(OCC(C)C)c1. The summed E-state index contributed by atoms with van der Waals surface area (Å²) in [5.74, 6) is 0.392. The van der Waals surface area contributed by atoms with E-state index in [4.69, 9.17) is 4.74 Å². The Kier molecular flexibility index (Phi) is 4.69. The molecule has 0 radical (unpaired) electrons. The van der Waals surface area contributed by atoms with Crippen LogP contribution in [0.2, 0.25) is 0 Å². The number of aldehydes is 1. The van der Waals surface area contributed by atoms with E-state index in [0.717, 1.165) is 0 Å². The van der Waals surface area contributed by atoms with Crippen LogP contribution in [0.15, 0.2) is 18.2 Å². The lowest BCUT2D eigenvalue weighted by Gasteiger charge is -2.10. The van der Waals surface area contributed by atoms with Crippen molar-refractivity contribution in [1.29, 1.82) is 0 Å². The van der Waals surface area contributed by atoms with Gasteiger partial charge >= 0.3 is 5.97 Å². The highest BCUT2D eigenvalue weighted by atomic mass is 16.5. The first-order valence-corrected chi connectivity index (χ1v) is 5.38. The smallest absolute Gasteiger partial charge is 0.338 e.